The molecular weight excluding hydrogens is 443 g/mol. The van der Waals surface area contributed by atoms with Crippen molar-refractivity contribution in [3.8, 4) is 0 Å². The molecule has 0 fully saturated rings. The zero-order valence-corrected chi connectivity index (χ0v) is 17.6. The zero-order chi connectivity index (χ0) is 14.5. The summed E-state index contributed by atoms with van der Waals surface area (Å²) < 4.78 is 18.8. The molecule has 5 heteroatoms. The third kappa shape index (κ3) is 3960. The number of rotatable bonds is 0. The van der Waals surface area contributed by atoms with Gasteiger partial charge in [-0.25, -0.2) is 13.6 Å². The third-order valence-electron chi connectivity index (χ3n) is 0. The predicted octanol–water partition coefficient (Wildman–Crippen LogP) is 6.84. The van der Waals surface area contributed by atoms with Gasteiger partial charge < -0.3 is 14.9 Å². The monoisotopic (exact) mass is 497 g/mol. The van der Waals surface area contributed by atoms with Crippen molar-refractivity contribution in [3.05, 3.63) is 14.9 Å². The van der Waals surface area contributed by atoms with Crippen LogP contribution in [-0.2, 0) is 10.0 Å². The summed E-state index contributed by atoms with van der Waals surface area (Å²) in [6.07, 6.45) is 0.938. The van der Waals surface area contributed by atoms with Crippen molar-refractivity contribution in [1.29, 1.82) is 0 Å². The Bertz CT molecular complexity index is 109. The maximum atomic E-state index is 9.41. The van der Waals surface area contributed by atoms with Crippen LogP contribution in [0.15, 0.2) is 0 Å². The topological polar surface area (TPSA) is 60.2 Å². The van der Waals surface area contributed by atoms with E-state index in [1.54, 1.807) is 0 Å². The van der Waals surface area contributed by atoms with Crippen molar-refractivity contribution in [3.63, 3.8) is 0 Å². The number of hydrogen-bond donors (Lipinski definition) is 1. The van der Waals surface area contributed by atoms with Gasteiger partial charge in [-0.15, -0.1) is 0 Å². The van der Waals surface area contributed by atoms with Gasteiger partial charge >= 0.3 is 46.9 Å². The Morgan fingerprint density at radius 1 is 0.571 bits per heavy atom. The van der Waals surface area contributed by atoms with Crippen LogP contribution in [0.25, 0.3) is 0 Å². The minimum Gasteiger partial charge on any atom is -0.358 e. The molecule has 0 aromatic heterocycles. The molecule has 0 aliphatic heterocycles. The Morgan fingerprint density at radius 2 is 0.571 bits per heavy atom. The summed E-state index contributed by atoms with van der Waals surface area (Å²) in [5.74, 6) is 0. The van der Waals surface area contributed by atoms with E-state index in [9.17, 15) is 8.42 Å². The molecule has 0 saturated carbocycles. The largest absolute Gasteiger partial charge is 2.00 e. The molecule has 3 nitrogen and oxygen atoms in total. The molecule has 21 heavy (non-hydrogen) atoms. The minimum atomic E-state index is -3.17. The van der Waals surface area contributed by atoms with Gasteiger partial charge in [0, 0.05) is 0 Å². The Kier molecular flexibility index (Phi) is 731. The number of hydrogen-bond acceptors (Lipinski definition) is 2. The molecule has 0 spiro atoms. The molecule has 0 heterocycles. The summed E-state index contributed by atoms with van der Waals surface area (Å²) in [6, 6.07) is 0. The van der Waals surface area contributed by atoms with Crippen molar-refractivity contribution in [2.75, 3.05) is 6.26 Å². The van der Waals surface area contributed by atoms with Gasteiger partial charge in [0.1, 0.15) is 0 Å². The molecule has 0 aliphatic rings. The number of primary sulfonamides is 1. The van der Waals surface area contributed by atoms with E-state index in [-0.39, 0.29) is 84.1 Å². The smallest absolute Gasteiger partial charge is 0.358 e. The summed E-state index contributed by atoms with van der Waals surface area (Å²) in [4.78, 5) is 0. The minimum absolute atomic E-state index is 0. The van der Waals surface area contributed by atoms with Gasteiger partial charge in [-0.2, -0.15) is 0 Å². The van der Waals surface area contributed by atoms with Crippen molar-refractivity contribution in [2.45, 2.75) is 91.5 Å². The van der Waals surface area contributed by atoms with Crippen molar-refractivity contribution in [1.82, 2.24) is 0 Å². The van der Waals surface area contributed by atoms with Crippen molar-refractivity contribution >= 4 is 10.0 Å². The van der Waals surface area contributed by atoms with E-state index in [4.69, 9.17) is 0 Å². The normalized spacial score (nSPS) is 4.19. The zero-order valence-electron chi connectivity index (χ0n) is 15.1. The fraction of sp³-hybridized carbons (Fsp3) is 0.875. The molecule has 154 valence electrons. The maximum Gasteiger partial charge on any atom is 2.00 e. The van der Waals surface area contributed by atoms with Crippen molar-refractivity contribution in [2.24, 2.45) is 5.14 Å². The van der Waals surface area contributed by atoms with Crippen LogP contribution in [0.5, 0.6) is 0 Å². The van der Waals surface area contributed by atoms with Crippen LogP contribution >= 0.6 is 0 Å². The van der Waals surface area contributed by atoms with E-state index < -0.39 is 10.0 Å². The van der Waals surface area contributed by atoms with E-state index in [1.165, 1.54) is 0 Å². The van der Waals surface area contributed by atoms with Gasteiger partial charge in [-0.1, -0.05) is 91.5 Å². The molecule has 0 saturated heterocycles. The summed E-state index contributed by atoms with van der Waals surface area (Å²) in [6.45, 7) is 20.0. The first-order chi connectivity index (χ1) is 7.00. The van der Waals surface area contributed by atoms with E-state index in [0.717, 1.165) is 6.26 Å². The van der Waals surface area contributed by atoms with Crippen LogP contribution < -0.4 is 5.14 Å². The fourth-order valence-electron chi connectivity index (χ4n) is 0. The average Bonchev–Trinajstić information content (AvgIpc) is 2.29. The second kappa shape index (κ2) is 162. The Hall–Kier alpha value is 1.43. The fourth-order valence-corrected chi connectivity index (χ4v) is 0. The quantitative estimate of drug-likeness (QED) is 0.373. The molecule has 0 bridgehead atoms. The van der Waals surface area contributed by atoms with Gasteiger partial charge in [0.2, 0.25) is 10.0 Å². The van der Waals surface area contributed by atoms with Crippen LogP contribution in [0.1, 0.15) is 91.5 Å². The predicted molar refractivity (Wildman–Crippen MR) is 109 cm³/mol. The molecule has 0 radical (unpaired) electrons. The molecule has 0 atom stereocenters. The average molecular weight is 497 g/mol. The maximum absolute atomic E-state index is 9.41. The molecule has 0 aromatic rings. The third-order valence-corrected chi connectivity index (χ3v) is 0. The molecule has 0 aliphatic carbocycles. The first kappa shape index (κ1) is 94.7. The summed E-state index contributed by atoms with van der Waals surface area (Å²) in [5.41, 5.74) is 0. The summed E-state index contributed by atoms with van der Waals surface area (Å²) >= 11 is 0. The standard InChI is InChI=1S/5C2H6.CH5NO2S.3CH4.2CH3.Yb/c5*1-2;1-5(2,3)4;;;;;;/h5*1-2H3;1H3,(H2,2,3,4);3*1H4;2*1H3;/q;;;;;;;;;2*-1;+2. The molecule has 0 aromatic carbocycles. The van der Waals surface area contributed by atoms with Gasteiger partial charge in [-0.05, 0) is 0 Å². The molecule has 2 N–H and O–H groups in total. The molecule has 0 amide bonds. The van der Waals surface area contributed by atoms with Crippen LogP contribution in [0.4, 0.5) is 0 Å². The Morgan fingerprint density at radius 3 is 0.571 bits per heavy atom. The van der Waals surface area contributed by atoms with Crippen LogP contribution in [0.3, 0.4) is 0 Å². The number of sulfonamides is 1. The van der Waals surface area contributed by atoms with Gasteiger partial charge in [0.15, 0.2) is 0 Å². The first-order valence-electron chi connectivity index (χ1n) is 5.98. The first-order valence-corrected chi connectivity index (χ1v) is 7.93. The van der Waals surface area contributed by atoms with Gasteiger partial charge in [-0.3, -0.25) is 0 Å². The van der Waals surface area contributed by atoms with Gasteiger partial charge in [0.05, 0.1) is 6.26 Å². The Balaban J connectivity index is -0.00000000462. The molecule has 0 unspecified atom stereocenters. The van der Waals surface area contributed by atoms with Gasteiger partial charge in [0.25, 0.3) is 0 Å². The van der Waals surface area contributed by atoms with Crippen LogP contribution in [0.2, 0.25) is 0 Å². The van der Waals surface area contributed by atoms with Crippen LogP contribution in [0, 0.1) is 61.8 Å². The Labute approximate surface area is 181 Å². The molecule has 0 rings (SSSR count). The second-order valence-corrected chi connectivity index (χ2v) is 2.49. The SMILES string of the molecule is C.C.C.CC.CC.CC.CC.CC.CS(N)(=O)=O.[CH3-].[CH3-].[Yb+2]. The summed E-state index contributed by atoms with van der Waals surface area (Å²) in [7, 11) is -3.17. The van der Waals surface area contributed by atoms with E-state index in [1.807, 2.05) is 69.2 Å². The van der Waals surface area contributed by atoms with Crippen molar-refractivity contribution < 1.29 is 55.3 Å². The van der Waals surface area contributed by atoms with Crippen LogP contribution in [-0.4, -0.2) is 14.7 Å². The summed E-state index contributed by atoms with van der Waals surface area (Å²) in [5, 5.41) is 4.33. The second-order valence-electron chi connectivity index (χ2n) is 0.830. The number of nitrogens with two attached hydrogens (primary N) is 1. The van der Waals surface area contributed by atoms with E-state index in [2.05, 4.69) is 5.14 Å². The van der Waals surface area contributed by atoms with E-state index >= 15 is 0 Å². The molecular formula is C16H53NO2SYb. The van der Waals surface area contributed by atoms with E-state index in [0.29, 0.717) is 0 Å².